The van der Waals surface area contributed by atoms with Gasteiger partial charge in [-0.25, -0.2) is 0 Å². The Morgan fingerprint density at radius 3 is 2.46 bits per heavy atom. The summed E-state index contributed by atoms with van der Waals surface area (Å²) in [6.45, 7) is 0. The van der Waals surface area contributed by atoms with Crippen molar-refractivity contribution in [3.05, 3.63) is 0 Å². The first-order valence-electron chi connectivity index (χ1n) is 5.42. The van der Waals surface area contributed by atoms with Crippen molar-refractivity contribution in [1.29, 1.82) is 0 Å². The Morgan fingerprint density at radius 1 is 1.31 bits per heavy atom. The first kappa shape index (κ1) is 9.20. The van der Waals surface area contributed by atoms with Gasteiger partial charge in [0.2, 0.25) is 0 Å². The minimum absolute atomic E-state index is 0.330. The third-order valence-corrected chi connectivity index (χ3v) is 3.45. The molecule has 2 fully saturated rings. The maximum Gasteiger partial charge on any atom is 0.133 e. The van der Waals surface area contributed by atoms with Gasteiger partial charge in [0.05, 0.1) is 5.60 Å². The van der Waals surface area contributed by atoms with Crippen LogP contribution in [0.5, 0.6) is 0 Å². The van der Waals surface area contributed by atoms with E-state index in [0.29, 0.717) is 31.5 Å². The van der Waals surface area contributed by atoms with Crippen LogP contribution in [0, 0.1) is 5.92 Å². The van der Waals surface area contributed by atoms with Gasteiger partial charge < -0.3 is 5.11 Å². The molecule has 0 atom stereocenters. The first-order valence-corrected chi connectivity index (χ1v) is 5.42. The van der Waals surface area contributed by atoms with Crippen molar-refractivity contribution >= 4 is 5.78 Å². The van der Waals surface area contributed by atoms with Gasteiger partial charge in [0, 0.05) is 12.8 Å². The third-order valence-electron chi connectivity index (χ3n) is 3.45. The van der Waals surface area contributed by atoms with E-state index in [4.69, 9.17) is 0 Å². The first-order chi connectivity index (χ1) is 6.18. The normalized spacial score (nSPS) is 27.6. The molecule has 2 aliphatic rings. The van der Waals surface area contributed by atoms with Gasteiger partial charge in [-0.3, -0.25) is 4.79 Å². The Labute approximate surface area is 79.3 Å². The molecule has 0 unspecified atom stereocenters. The summed E-state index contributed by atoms with van der Waals surface area (Å²) < 4.78 is 0. The zero-order valence-electron chi connectivity index (χ0n) is 8.09. The molecule has 0 aliphatic heterocycles. The van der Waals surface area contributed by atoms with E-state index in [0.717, 1.165) is 12.3 Å². The second-order valence-corrected chi connectivity index (χ2v) is 4.75. The molecule has 0 aromatic rings. The topological polar surface area (TPSA) is 37.3 Å². The van der Waals surface area contributed by atoms with Gasteiger partial charge in [-0.2, -0.15) is 0 Å². The van der Waals surface area contributed by atoms with Crippen molar-refractivity contribution in [3.8, 4) is 0 Å². The van der Waals surface area contributed by atoms with E-state index in [1.807, 2.05) is 0 Å². The molecule has 0 aromatic heterocycles. The number of carbonyl (C=O) groups excluding carboxylic acids is 1. The summed E-state index contributed by atoms with van der Waals surface area (Å²) in [5.74, 6) is 1.22. The molecule has 0 spiro atoms. The molecular weight excluding hydrogens is 164 g/mol. The maximum absolute atomic E-state index is 11.0. The largest absolute Gasteiger partial charge is 0.390 e. The molecule has 0 aromatic carbocycles. The Bertz CT molecular complexity index is 196. The summed E-state index contributed by atoms with van der Waals surface area (Å²) in [4.78, 5) is 11.0. The van der Waals surface area contributed by atoms with E-state index in [1.165, 1.54) is 19.3 Å². The van der Waals surface area contributed by atoms with Crippen LogP contribution in [0.3, 0.4) is 0 Å². The van der Waals surface area contributed by atoms with E-state index in [9.17, 15) is 9.90 Å². The van der Waals surface area contributed by atoms with Gasteiger partial charge >= 0.3 is 0 Å². The van der Waals surface area contributed by atoms with Gasteiger partial charge in [0.15, 0.2) is 0 Å². The minimum Gasteiger partial charge on any atom is -0.390 e. The molecule has 2 heteroatoms. The highest BCUT2D eigenvalue weighted by Crippen LogP contribution is 2.38. The van der Waals surface area contributed by atoms with Crippen LogP contribution < -0.4 is 0 Å². The fourth-order valence-electron chi connectivity index (χ4n) is 2.12. The molecule has 2 aliphatic carbocycles. The van der Waals surface area contributed by atoms with Gasteiger partial charge in [0.25, 0.3) is 0 Å². The molecular formula is C11H18O2. The fourth-order valence-corrected chi connectivity index (χ4v) is 2.12. The number of Topliss-reactive ketones (excluding diaryl/α,β-unsaturated/α-hetero) is 1. The number of carbonyl (C=O) groups is 1. The van der Waals surface area contributed by atoms with E-state index >= 15 is 0 Å². The van der Waals surface area contributed by atoms with Crippen LogP contribution in [0.25, 0.3) is 0 Å². The van der Waals surface area contributed by atoms with Crippen LogP contribution >= 0.6 is 0 Å². The summed E-state index contributed by atoms with van der Waals surface area (Å²) in [7, 11) is 0. The van der Waals surface area contributed by atoms with Gasteiger partial charge in [-0.1, -0.05) is 12.8 Å². The molecule has 0 saturated heterocycles. The van der Waals surface area contributed by atoms with Crippen LogP contribution in [-0.4, -0.2) is 16.5 Å². The quantitative estimate of drug-likeness (QED) is 0.725. The standard InChI is InChI=1S/C11H18O2/c12-10-4-7-11(13,8-5-10)6-3-9-1-2-9/h9,13H,1-8H2. The maximum atomic E-state index is 11.0. The number of rotatable bonds is 3. The fraction of sp³-hybridized carbons (Fsp3) is 0.909. The molecule has 0 heterocycles. The summed E-state index contributed by atoms with van der Waals surface area (Å²) in [6.07, 6.45) is 7.42. The third kappa shape index (κ3) is 2.53. The van der Waals surface area contributed by atoms with Crippen molar-refractivity contribution in [2.75, 3.05) is 0 Å². The minimum atomic E-state index is -0.490. The second-order valence-electron chi connectivity index (χ2n) is 4.75. The van der Waals surface area contributed by atoms with Crippen LogP contribution in [0.4, 0.5) is 0 Å². The van der Waals surface area contributed by atoms with Crippen molar-refractivity contribution in [2.45, 2.75) is 57.0 Å². The molecule has 2 nitrogen and oxygen atoms in total. The molecule has 0 radical (unpaired) electrons. The zero-order chi connectivity index (χ0) is 9.31. The summed E-state index contributed by atoms with van der Waals surface area (Å²) in [5.41, 5.74) is -0.490. The van der Waals surface area contributed by atoms with Gasteiger partial charge in [-0.15, -0.1) is 0 Å². The average molecular weight is 182 g/mol. The lowest BCUT2D eigenvalue weighted by Crippen LogP contribution is -2.34. The Kier molecular flexibility index (Phi) is 2.41. The lowest BCUT2D eigenvalue weighted by molar-refractivity contribution is -0.125. The molecule has 13 heavy (non-hydrogen) atoms. The highest BCUT2D eigenvalue weighted by Gasteiger charge is 2.34. The van der Waals surface area contributed by atoms with Crippen LogP contribution in [0.15, 0.2) is 0 Å². The monoisotopic (exact) mass is 182 g/mol. The predicted molar refractivity (Wildman–Crippen MR) is 50.4 cm³/mol. The Hall–Kier alpha value is -0.370. The number of ketones is 1. The van der Waals surface area contributed by atoms with E-state index in [1.54, 1.807) is 0 Å². The number of aliphatic hydroxyl groups is 1. The second kappa shape index (κ2) is 3.41. The van der Waals surface area contributed by atoms with E-state index < -0.39 is 5.60 Å². The number of hydrogen-bond donors (Lipinski definition) is 1. The Balaban J connectivity index is 1.77. The summed E-state index contributed by atoms with van der Waals surface area (Å²) in [5, 5.41) is 10.1. The van der Waals surface area contributed by atoms with Crippen molar-refractivity contribution in [2.24, 2.45) is 5.92 Å². The number of hydrogen-bond acceptors (Lipinski definition) is 2. The smallest absolute Gasteiger partial charge is 0.133 e. The highest BCUT2D eigenvalue weighted by molar-refractivity contribution is 5.79. The lowest BCUT2D eigenvalue weighted by Gasteiger charge is -2.31. The molecule has 2 saturated carbocycles. The van der Waals surface area contributed by atoms with Crippen molar-refractivity contribution in [3.63, 3.8) is 0 Å². The van der Waals surface area contributed by atoms with Gasteiger partial charge in [-0.05, 0) is 31.6 Å². The predicted octanol–water partition coefficient (Wildman–Crippen LogP) is 2.05. The van der Waals surface area contributed by atoms with Crippen LogP contribution in [0.1, 0.15) is 51.4 Å². The highest BCUT2D eigenvalue weighted by atomic mass is 16.3. The molecule has 74 valence electrons. The molecule has 0 amide bonds. The SMILES string of the molecule is O=C1CCC(O)(CCC2CC2)CC1. The van der Waals surface area contributed by atoms with E-state index in [2.05, 4.69) is 0 Å². The van der Waals surface area contributed by atoms with Gasteiger partial charge in [0.1, 0.15) is 5.78 Å². The lowest BCUT2D eigenvalue weighted by atomic mass is 9.80. The average Bonchev–Trinajstić information content (AvgIpc) is 2.91. The van der Waals surface area contributed by atoms with Crippen molar-refractivity contribution in [1.82, 2.24) is 0 Å². The molecule has 2 rings (SSSR count). The van der Waals surface area contributed by atoms with E-state index in [-0.39, 0.29) is 0 Å². The molecule has 1 N–H and O–H groups in total. The molecule has 0 bridgehead atoms. The summed E-state index contributed by atoms with van der Waals surface area (Å²) >= 11 is 0. The van der Waals surface area contributed by atoms with Crippen LogP contribution in [0.2, 0.25) is 0 Å². The van der Waals surface area contributed by atoms with Crippen LogP contribution in [-0.2, 0) is 4.79 Å². The van der Waals surface area contributed by atoms with Crippen molar-refractivity contribution < 1.29 is 9.90 Å². The zero-order valence-corrected chi connectivity index (χ0v) is 8.09. The Morgan fingerprint density at radius 2 is 1.92 bits per heavy atom. The summed E-state index contributed by atoms with van der Waals surface area (Å²) in [6, 6.07) is 0.